The first-order valence-electron chi connectivity index (χ1n) is 3.66. The zero-order valence-corrected chi connectivity index (χ0v) is 6.87. The fraction of sp³-hybridized carbons (Fsp3) is 0.250. The van der Waals surface area contributed by atoms with E-state index in [1.807, 2.05) is 6.92 Å². The normalized spacial score (nSPS) is 9.75. The summed E-state index contributed by atoms with van der Waals surface area (Å²) in [5.74, 6) is 0.490. The average Bonchev–Trinajstić information content (AvgIpc) is 1.96. The number of benzene rings is 1. The third-order valence-electron chi connectivity index (χ3n) is 1.42. The first-order valence-corrected chi connectivity index (χ1v) is 3.66. The predicted molar refractivity (Wildman–Crippen MR) is 48.1 cm³/mol. The van der Waals surface area contributed by atoms with Crippen molar-refractivity contribution in [2.75, 3.05) is 18.1 Å². The molecule has 0 aliphatic carbocycles. The zero-order valence-electron chi connectivity index (χ0n) is 6.87. The molecule has 66 valence electrons. The van der Waals surface area contributed by atoms with Crippen molar-refractivity contribution in [3.05, 3.63) is 12.1 Å². The van der Waals surface area contributed by atoms with Crippen molar-refractivity contribution in [2.45, 2.75) is 6.92 Å². The largest absolute Gasteiger partial charge is 0.508 e. The van der Waals surface area contributed by atoms with Gasteiger partial charge in [-0.05, 0) is 6.92 Å². The molecule has 4 nitrogen and oxygen atoms in total. The van der Waals surface area contributed by atoms with Crippen LogP contribution in [0.1, 0.15) is 6.92 Å². The van der Waals surface area contributed by atoms with Crippen molar-refractivity contribution in [3.63, 3.8) is 0 Å². The molecule has 0 saturated heterocycles. The maximum absolute atomic E-state index is 9.07. The number of phenols is 1. The standard InChI is InChI=1S/C8H12N2O2/c1-2-12-8-6(9)3-5(11)4-7(8)10/h3-4,11H,2,9-10H2,1H3. The maximum Gasteiger partial charge on any atom is 0.165 e. The van der Waals surface area contributed by atoms with Gasteiger partial charge in [0.25, 0.3) is 0 Å². The molecule has 0 aliphatic rings. The van der Waals surface area contributed by atoms with Crippen LogP contribution < -0.4 is 16.2 Å². The molecule has 12 heavy (non-hydrogen) atoms. The van der Waals surface area contributed by atoms with E-state index in [2.05, 4.69) is 0 Å². The smallest absolute Gasteiger partial charge is 0.165 e. The number of hydrogen-bond donors (Lipinski definition) is 3. The number of anilines is 2. The molecule has 4 heteroatoms. The molecule has 0 atom stereocenters. The number of rotatable bonds is 2. The molecular formula is C8H12N2O2. The Kier molecular flexibility index (Phi) is 2.28. The summed E-state index contributed by atoms with van der Waals surface area (Å²) in [7, 11) is 0. The van der Waals surface area contributed by atoms with E-state index in [1.165, 1.54) is 12.1 Å². The van der Waals surface area contributed by atoms with Crippen LogP contribution in [0.3, 0.4) is 0 Å². The lowest BCUT2D eigenvalue weighted by Gasteiger charge is -2.09. The molecule has 0 saturated carbocycles. The summed E-state index contributed by atoms with van der Waals surface area (Å²) in [6, 6.07) is 2.81. The third kappa shape index (κ3) is 1.53. The van der Waals surface area contributed by atoms with E-state index >= 15 is 0 Å². The van der Waals surface area contributed by atoms with E-state index in [4.69, 9.17) is 21.3 Å². The molecule has 0 bridgehead atoms. The van der Waals surface area contributed by atoms with E-state index in [1.54, 1.807) is 0 Å². The SMILES string of the molecule is CCOc1c(N)cc(O)cc1N. The Balaban J connectivity index is 3.10. The minimum Gasteiger partial charge on any atom is -0.508 e. The zero-order chi connectivity index (χ0) is 9.14. The first-order chi connectivity index (χ1) is 5.65. The quantitative estimate of drug-likeness (QED) is 0.574. The van der Waals surface area contributed by atoms with Gasteiger partial charge in [0.1, 0.15) is 5.75 Å². The minimum atomic E-state index is 0.0495. The molecule has 0 heterocycles. The molecule has 0 aromatic heterocycles. The minimum absolute atomic E-state index is 0.0495. The van der Waals surface area contributed by atoms with Gasteiger partial charge in [-0.2, -0.15) is 0 Å². The number of hydrogen-bond acceptors (Lipinski definition) is 4. The molecule has 0 aliphatic heterocycles. The van der Waals surface area contributed by atoms with Crippen LogP contribution in [0.5, 0.6) is 11.5 Å². The van der Waals surface area contributed by atoms with Crippen LogP contribution in [0.15, 0.2) is 12.1 Å². The van der Waals surface area contributed by atoms with E-state index in [9.17, 15) is 0 Å². The molecule has 5 N–H and O–H groups in total. The van der Waals surface area contributed by atoms with Crippen molar-refractivity contribution < 1.29 is 9.84 Å². The van der Waals surface area contributed by atoms with Crippen LogP contribution >= 0.6 is 0 Å². The predicted octanol–water partition coefficient (Wildman–Crippen LogP) is 0.955. The number of nitrogens with two attached hydrogens (primary N) is 2. The lowest BCUT2D eigenvalue weighted by atomic mass is 10.2. The van der Waals surface area contributed by atoms with Gasteiger partial charge in [0.15, 0.2) is 5.75 Å². The van der Waals surface area contributed by atoms with Gasteiger partial charge in [-0.3, -0.25) is 0 Å². The molecule has 0 amide bonds. The Morgan fingerprint density at radius 2 is 1.83 bits per heavy atom. The molecule has 0 spiro atoms. The maximum atomic E-state index is 9.07. The average molecular weight is 168 g/mol. The third-order valence-corrected chi connectivity index (χ3v) is 1.42. The Labute approximate surface area is 70.7 Å². The Morgan fingerprint density at radius 3 is 2.25 bits per heavy atom. The highest BCUT2D eigenvalue weighted by atomic mass is 16.5. The topological polar surface area (TPSA) is 81.5 Å². The summed E-state index contributed by atoms with van der Waals surface area (Å²) in [5, 5.41) is 9.07. The molecule has 0 radical (unpaired) electrons. The van der Waals surface area contributed by atoms with Crippen LogP contribution in [0, 0.1) is 0 Å². The van der Waals surface area contributed by atoms with Gasteiger partial charge in [0, 0.05) is 12.1 Å². The first kappa shape index (κ1) is 8.52. The lowest BCUT2D eigenvalue weighted by molar-refractivity contribution is 0.343. The second-order valence-electron chi connectivity index (χ2n) is 2.39. The lowest BCUT2D eigenvalue weighted by Crippen LogP contribution is -2.00. The summed E-state index contributed by atoms with van der Waals surface area (Å²) < 4.78 is 5.16. The number of phenolic OH excluding ortho intramolecular Hbond substituents is 1. The summed E-state index contributed by atoms with van der Waals surface area (Å²) >= 11 is 0. The summed E-state index contributed by atoms with van der Waals surface area (Å²) in [6.45, 7) is 2.34. The van der Waals surface area contributed by atoms with Gasteiger partial charge >= 0.3 is 0 Å². The molecule has 0 unspecified atom stereocenters. The molecule has 1 aromatic carbocycles. The summed E-state index contributed by atoms with van der Waals surface area (Å²) in [5.41, 5.74) is 11.8. The second kappa shape index (κ2) is 3.21. The molecule has 0 fully saturated rings. The Hall–Kier alpha value is -1.58. The highest BCUT2D eigenvalue weighted by Gasteiger charge is 2.05. The fourth-order valence-corrected chi connectivity index (χ4v) is 0.969. The van der Waals surface area contributed by atoms with Crippen molar-refractivity contribution in [1.29, 1.82) is 0 Å². The second-order valence-corrected chi connectivity index (χ2v) is 2.39. The Morgan fingerprint density at radius 1 is 1.33 bits per heavy atom. The van der Waals surface area contributed by atoms with Crippen molar-refractivity contribution in [2.24, 2.45) is 0 Å². The fourth-order valence-electron chi connectivity index (χ4n) is 0.969. The van der Waals surface area contributed by atoms with Gasteiger partial charge < -0.3 is 21.3 Å². The van der Waals surface area contributed by atoms with Gasteiger partial charge in [-0.25, -0.2) is 0 Å². The van der Waals surface area contributed by atoms with Crippen molar-refractivity contribution >= 4 is 11.4 Å². The van der Waals surface area contributed by atoms with Gasteiger partial charge in [-0.15, -0.1) is 0 Å². The Bertz CT molecular complexity index is 263. The van der Waals surface area contributed by atoms with E-state index in [0.29, 0.717) is 23.7 Å². The van der Waals surface area contributed by atoms with Crippen LogP contribution in [-0.4, -0.2) is 11.7 Å². The van der Waals surface area contributed by atoms with Gasteiger partial charge in [-0.1, -0.05) is 0 Å². The highest BCUT2D eigenvalue weighted by molar-refractivity contribution is 5.69. The van der Waals surface area contributed by atoms with Crippen molar-refractivity contribution in [3.8, 4) is 11.5 Å². The number of ether oxygens (including phenoxy) is 1. The van der Waals surface area contributed by atoms with Crippen LogP contribution in [0.25, 0.3) is 0 Å². The molecule has 1 aromatic rings. The summed E-state index contributed by atoms with van der Waals surface area (Å²) in [4.78, 5) is 0. The summed E-state index contributed by atoms with van der Waals surface area (Å²) in [6.07, 6.45) is 0. The van der Waals surface area contributed by atoms with Crippen LogP contribution in [-0.2, 0) is 0 Å². The highest BCUT2D eigenvalue weighted by Crippen LogP contribution is 2.32. The van der Waals surface area contributed by atoms with Gasteiger partial charge in [0.2, 0.25) is 0 Å². The number of aromatic hydroxyl groups is 1. The van der Waals surface area contributed by atoms with Gasteiger partial charge in [0.05, 0.1) is 18.0 Å². The molecule has 1 rings (SSSR count). The monoisotopic (exact) mass is 168 g/mol. The van der Waals surface area contributed by atoms with Crippen molar-refractivity contribution in [1.82, 2.24) is 0 Å². The van der Waals surface area contributed by atoms with E-state index < -0.39 is 0 Å². The number of nitrogen functional groups attached to an aromatic ring is 2. The van der Waals surface area contributed by atoms with Crippen LogP contribution in [0.2, 0.25) is 0 Å². The molecular weight excluding hydrogens is 156 g/mol. The van der Waals surface area contributed by atoms with E-state index in [0.717, 1.165) is 0 Å². The van der Waals surface area contributed by atoms with Crippen LogP contribution in [0.4, 0.5) is 11.4 Å². The van der Waals surface area contributed by atoms with E-state index in [-0.39, 0.29) is 5.75 Å².